The molecule has 0 saturated carbocycles. The second-order valence-corrected chi connectivity index (χ2v) is 5.36. The predicted octanol–water partition coefficient (Wildman–Crippen LogP) is 3.76. The van der Waals surface area contributed by atoms with Crippen molar-refractivity contribution in [2.75, 3.05) is 14.1 Å². The molecule has 0 heterocycles. The van der Waals surface area contributed by atoms with Crippen LogP contribution in [0.15, 0.2) is 47.5 Å². The molecule has 0 saturated heterocycles. The van der Waals surface area contributed by atoms with Crippen LogP contribution < -0.4 is 0 Å². The van der Waals surface area contributed by atoms with Crippen LogP contribution in [0.3, 0.4) is 0 Å². The molecule has 0 aliphatic rings. The molecule has 0 radical (unpaired) electrons. The van der Waals surface area contributed by atoms with Gasteiger partial charge in [-0.2, -0.15) is 0 Å². The topological polar surface area (TPSA) is 32.7 Å². The largest absolute Gasteiger partial charge is 0.369 e. The maximum absolute atomic E-state index is 12.6. The number of aryl methyl sites for hydroxylation is 2. The van der Waals surface area contributed by atoms with Crippen LogP contribution in [-0.4, -0.2) is 31.1 Å². The second-order valence-electron chi connectivity index (χ2n) is 5.36. The summed E-state index contributed by atoms with van der Waals surface area (Å²) in [6.07, 6.45) is 1.76. The Morgan fingerprint density at radius 1 is 1.05 bits per heavy atom. The summed E-state index contributed by atoms with van der Waals surface area (Å²) in [6.45, 7) is 3.92. The second kappa shape index (κ2) is 6.35. The summed E-state index contributed by atoms with van der Waals surface area (Å²) in [5.41, 5.74) is 4.29. The van der Waals surface area contributed by atoms with E-state index in [0.717, 1.165) is 22.4 Å². The molecule has 0 bridgehead atoms. The van der Waals surface area contributed by atoms with E-state index in [2.05, 4.69) is 4.99 Å². The molecule has 2 rings (SSSR count). The minimum absolute atomic E-state index is 0.0549. The molecular weight excluding hydrogens is 260 g/mol. The predicted molar refractivity (Wildman–Crippen MR) is 87.6 cm³/mol. The van der Waals surface area contributed by atoms with Gasteiger partial charge in [0.1, 0.15) is 0 Å². The maximum atomic E-state index is 12.6. The monoisotopic (exact) mass is 280 g/mol. The fourth-order valence-electron chi connectivity index (χ4n) is 2.11. The van der Waals surface area contributed by atoms with Crippen molar-refractivity contribution in [1.29, 1.82) is 0 Å². The third-order valence-electron chi connectivity index (χ3n) is 3.25. The van der Waals surface area contributed by atoms with Crippen LogP contribution in [0.5, 0.6) is 0 Å². The lowest BCUT2D eigenvalue weighted by atomic mass is 9.96. The Labute approximate surface area is 125 Å². The first-order valence-electron chi connectivity index (χ1n) is 6.90. The number of aliphatic imine (C=N–C) groups is 1. The molecule has 2 aromatic carbocycles. The number of hydrogen-bond acceptors (Lipinski definition) is 2. The van der Waals surface area contributed by atoms with Crippen molar-refractivity contribution >= 4 is 17.8 Å². The molecule has 108 valence electrons. The van der Waals surface area contributed by atoms with E-state index >= 15 is 0 Å². The lowest BCUT2D eigenvalue weighted by Crippen LogP contribution is -2.07. The van der Waals surface area contributed by atoms with Gasteiger partial charge in [0.15, 0.2) is 5.78 Å². The zero-order chi connectivity index (χ0) is 15.4. The van der Waals surface area contributed by atoms with Crippen LogP contribution in [0.25, 0.3) is 0 Å². The van der Waals surface area contributed by atoms with Crippen LogP contribution in [0.1, 0.15) is 27.0 Å². The van der Waals surface area contributed by atoms with Gasteiger partial charge in [-0.15, -0.1) is 0 Å². The zero-order valence-electron chi connectivity index (χ0n) is 12.9. The van der Waals surface area contributed by atoms with Crippen molar-refractivity contribution in [2.24, 2.45) is 4.99 Å². The van der Waals surface area contributed by atoms with Gasteiger partial charge in [-0.25, -0.2) is 4.99 Å². The average Bonchev–Trinajstić information content (AvgIpc) is 2.47. The number of hydrogen-bond donors (Lipinski definition) is 0. The van der Waals surface area contributed by atoms with Crippen LogP contribution in [0, 0.1) is 13.8 Å². The Morgan fingerprint density at radius 2 is 1.71 bits per heavy atom. The number of carbonyl (C=O) groups excluding carboxylic acids is 1. The molecule has 0 aliphatic heterocycles. The number of benzene rings is 2. The van der Waals surface area contributed by atoms with Crippen molar-refractivity contribution in [3.63, 3.8) is 0 Å². The van der Waals surface area contributed by atoms with Crippen LogP contribution in [0.2, 0.25) is 0 Å². The highest BCUT2D eigenvalue weighted by molar-refractivity contribution is 6.10. The van der Waals surface area contributed by atoms with Crippen molar-refractivity contribution in [1.82, 2.24) is 4.90 Å². The minimum Gasteiger partial charge on any atom is -0.369 e. The van der Waals surface area contributed by atoms with Crippen molar-refractivity contribution < 1.29 is 4.79 Å². The SMILES string of the molecule is Cc1cc(C(=O)c2ccccc2)c(C)cc1/N=C/N(C)C. The Hall–Kier alpha value is -2.42. The molecule has 3 nitrogen and oxygen atoms in total. The molecule has 3 heteroatoms. The summed E-state index contributed by atoms with van der Waals surface area (Å²) in [6, 6.07) is 13.2. The highest BCUT2D eigenvalue weighted by atomic mass is 16.1. The van der Waals surface area contributed by atoms with E-state index in [-0.39, 0.29) is 5.78 Å². The van der Waals surface area contributed by atoms with Gasteiger partial charge in [0.2, 0.25) is 0 Å². The van der Waals surface area contributed by atoms with Crippen molar-refractivity contribution in [2.45, 2.75) is 13.8 Å². The van der Waals surface area contributed by atoms with Gasteiger partial charge in [0, 0.05) is 25.2 Å². The molecule has 0 atom stereocenters. The van der Waals surface area contributed by atoms with E-state index in [1.807, 2.05) is 75.3 Å². The lowest BCUT2D eigenvalue weighted by molar-refractivity contribution is 0.103. The van der Waals surface area contributed by atoms with Crippen molar-refractivity contribution in [3.8, 4) is 0 Å². The van der Waals surface area contributed by atoms with E-state index in [4.69, 9.17) is 0 Å². The van der Waals surface area contributed by atoms with E-state index in [0.29, 0.717) is 5.56 Å². The Morgan fingerprint density at radius 3 is 2.33 bits per heavy atom. The Kier molecular flexibility index (Phi) is 4.53. The number of nitrogens with zero attached hydrogens (tertiary/aromatic N) is 2. The summed E-state index contributed by atoms with van der Waals surface area (Å²) < 4.78 is 0. The molecule has 0 fully saturated rings. The normalized spacial score (nSPS) is 10.9. The van der Waals surface area contributed by atoms with Gasteiger partial charge >= 0.3 is 0 Å². The molecule has 2 aromatic rings. The maximum Gasteiger partial charge on any atom is 0.193 e. The number of carbonyl (C=O) groups is 1. The first-order valence-corrected chi connectivity index (χ1v) is 6.90. The average molecular weight is 280 g/mol. The van der Waals surface area contributed by atoms with Crippen LogP contribution in [-0.2, 0) is 0 Å². The van der Waals surface area contributed by atoms with Crippen LogP contribution in [0.4, 0.5) is 5.69 Å². The van der Waals surface area contributed by atoms with Gasteiger partial charge in [0.25, 0.3) is 0 Å². The molecule has 21 heavy (non-hydrogen) atoms. The van der Waals surface area contributed by atoms with E-state index in [1.165, 1.54) is 0 Å². The first-order chi connectivity index (χ1) is 9.99. The molecule has 0 spiro atoms. The van der Waals surface area contributed by atoms with E-state index in [9.17, 15) is 4.79 Å². The standard InChI is InChI=1S/C18H20N2O/c1-13-11-17(19-12-20(3)4)14(2)10-16(13)18(21)15-8-6-5-7-9-15/h5-12H,1-4H3/b19-12+. The summed E-state index contributed by atoms with van der Waals surface area (Å²) in [4.78, 5) is 18.9. The smallest absolute Gasteiger partial charge is 0.193 e. The summed E-state index contributed by atoms with van der Waals surface area (Å²) in [5.74, 6) is 0.0549. The Bertz CT molecular complexity index is 673. The molecule has 0 aliphatic carbocycles. The van der Waals surface area contributed by atoms with Gasteiger partial charge in [0.05, 0.1) is 12.0 Å². The fourth-order valence-corrected chi connectivity index (χ4v) is 2.11. The summed E-state index contributed by atoms with van der Waals surface area (Å²) in [5, 5.41) is 0. The van der Waals surface area contributed by atoms with Crippen LogP contribution >= 0.6 is 0 Å². The highest BCUT2D eigenvalue weighted by Crippen LogP contribution is 2.24. The molecule has 0 aromatic heterocycles. The van der Waals surface area contributed by atoms with E-state index in [1.54, 1.807) is 6.34 Å². The molecular formula is C18H20N2O. The first kappa shape index (κ1) is 15.0. The highest BCUT2D eigenvalue weighted by Gasteiger charge is 2.13. The molecule has 0 amide bonds. The Balaban J connectivity index is 2.39. The molecule has 0 N–H and O–H groups in total. The zero-order valence-corrected chi connectivity index (χ0v) is 12.9. The number of rotatable bonds is 4. The lowest BCUT2D eigenvalue weighted by Gasteiger charge is -2.10. The summed E-state index contributed by atoms with van der Waals surface area (Å²) in [7, 11) is 3.86. The minimum atomic E-state index is 0.0549. The summed E-state index contributed by atoms with van der Waals surface area (Å²) >= 11 is 0. The fraction of sp³-hybridized carbons (Fsp3) is 0.222. The van der Waals surface area contributed by atoms with Gasteiger partial charge in [-0.1, -0.05) is 30.3 Å². The van der Waals surface area contributed by atoms with Gasteiger partial charge in [-0.05, 0) is 37.1 Å². The molecule has 0 unspecified atom stereocenters. The third-order valence-corrected chi connectivity index (χ3v) is 3.25. The van der Waals surface area contributed by atoms with E-state index < -0.39 is 0 Å². The quantitative estimate of drug-likeness (QED) is 0.485. The van der Waals surface area contributed by atoms with Gasteiger partial charge < -0.3 is 4.90 Å². The van der Waals surface area contributed by atoms with Gasteiger partial charge in [-0.3, -0.25) is 4.79 Å². The van der Waals surface area contributed by atoms with Crippen molar-refractivity contribution in [3.05, 3.63) is 64.7 Å². The third kappa shape index (κ3) is 3.57. The number of ketones is 1.